The summed E-state index contributed by atoms with van der Waals surface area (Å²) in [7, 11) is 2.04. The van der Waals surface area contributed by atoms with Crippen LogP contribution in [-0.4, -0.2) is 32.5 Å². The van der Waals surface area contributed by atoms with Gasteiger partial charge in [-0.2, -0.15) is 0 Å². The van der Waals surface area contributed by atoms with Crippen molar-refractivity contribution in [1.29, 1.82) is 0 Å². The Hall–Kier alpha value is -3.58. The van der Waals surface area contributed by atoms with E-state index in [0.29, 0.717) is 5.39 Å². The molecule has 1 aliphatic carbocycles. The van der Waals surface area contributed by atoms with Gasteiger partial charge in [0.1, 0.15) is 11.8 Å². The van der Waals surface area contributed by atoms with Crippen LogP contribution in [0.3, 0.4) is 0 Å². The molecule has 3 aromatic rings. The van der Waals surface area contributed by atoms with E-state index in [9.17, 15) is 4.79 Å². The summed E-state index contributed by atoms with van der Waals surface area (Å²) < 4.78 is 5.96. The van der Waals surface area contributed by atoms with Gasteiger partial charge in [0.15, 0.2) is 0 Å². The van der Waals surface area contributed by atoms with E-state index in [1.165, 1.54) is 17.1 Å². The van der Waals surface area contributed by atoms with Crippen molar-refractivity contribution in [3.8, 4) is 16.1 Å². The van der Waals surface area contributed by atoms with E-state index < -0.39 is 0 Å². The summed E-state index contributed by atoms with van der Waals surface area (Å²) in [4.78, 5) is 25.8. The minimum absolute atomic E-state index is 0.0714. The van der Waals surface area contributed by atoms with Gasteiger partial charge in [-0.3, -0.25) is 14.3 Å². The van der Waals surface area contributed by atoms with Gasteiger partial charge < -0.3 is 4.90 Å². The van der Waals surface area contributed by atoms with E-state index in [2.05, 4.69) is 33.3 Å². The number of fused-ring (bicyclic) bond motifs is 3. The first-order valence-corrected chi connectivity index (χ1v) is 11.4. The number of hydrogen-bond donors (Lipinski definition) is 0. The van der Waals surface area contributed by atoms with Gasteiger partial charge in [-0.05, 0) is 53.8 Å². The monoisotopic (exact) mass is 441 g/mol. The van der Waals surface area contributed by atoms with Crippen molar-refractivity contribution in [2.75, 3.05) is 18.5 Å². The Morgan fingerprint density at radius 1 is 1.03 bits per heavy atom. The molecule has 0 fully saturated rings. The van der Waals surface area contributed by atoms with Gasteiger partial charge in [-0.15, -0.1) is 0 Å². The standard InChI is InChI=1S/C25H23N5OS/c1-3-17-7-9-19(10-8-17)30-16-27-22-21(25(30)31)24-20(11-14-28-32-24)23(22)29(2)15-12-18-6-4-5-13-26-18/h4-11,13-14,16H,3,12,15H2,1-2H3. The number of pyridine rings is 1. The molecular weight excluding hydrogens is 418 g/mol. The van der Waals surface area contributed by atoms with Gasteiger partial charge >= 0.3 is 0 Å². The van der Waals surface area contributed by atoms with Crippen molar-refractivity contribution in [3.63, 3.8) is 0 Å². The molecule has 6 nitrogen and oxygen atoms in total. The molecule has 2 aliphatic rings. The first-order valence-electron chi connectivity index (χ1n) is 10.7. The highest BCUT2D eigenvalue weighted by Gasteiger charge is 2.25. The molecule has 0 spiro atoms. The number of likely N-dealkylation sites (N-methyl/N-ethyl adjacent to an activating group) is 1. The molecule has 0 bridgehead atoms. The number of aromatic nitrogens is 4. The number of rotatable bonds is 6. The molecule has 160 valence electrons. The Kier molecular flexibility index (Phi) is 5.41. The third-order valence-corrected chi connectivity index (χ3v) is 6.64. The van der Waals surface area contributed by atoms with Crippen LogP contribution in [0.2, 0.25) is 0 Å². The van der Waals surface area contributed by atoms with Crippen molar-refractivity contribution in [2.24, 2.45) is 0 Å². The molecule has 1 aromatic carbocycles. The normalized spacial score (nSPS) is 11.3. The van der Waals surface area contributed by atoms with E-state index >= 15 is 0 Å². The number of aryl methyl sites for hydroxylation is 1. The summed E-state index contributed by atoms with van der Waals surface area (Å²) in [5.41, 5.74) is 5.71. The zero-order valence-electron chi connectivity index (χ0n) is 18.0. The lowest BCUT2D eigenvalue weighted by Gasteiger charge is -2.19. The van der Waals surface area contributed by atoms with E-state index in [1.54, 1.807) is 17.1 Å². The molecule has 0 saturated heterocycles. The Morgan fingerprint density at radius 3 is 2.62 bits per heavy atom. The fraction of sp³-hybridized carbons (Fsp3) is 0.200. The summed E-state index contributed by atoms with van der Waals surface area (Å²) in [6, 6.07) is 16.0. The van der Waals surface area contributed by atoms with Gasteiger partial charge in [0, 0.05) is 43.7 Å². The lowest BCUT2D eigenvalue weighted by molar-refractivity contribution is 0.855. The van der Waals surface area contributed by atoms with E-state index in [-0.39, 0.29) is 5.56 Å². The lowest BCUT2D eigenvalue weighted by atomic mass is 10.1. The summed E-state index contributed by atoms with van der Waals surface area (Å²) in [6.07, 6.45) is 7.00. The van der Waals surface area contributed by atoms with Gasteiger partial charge in [0.25, 0.3) is 5.56 Å². The average Bonchev–Trinajstić information content (AvgIpc) is 3.19. The number of nitrogens with zero attached hydrogens (tertiary/aromatic N) is 5. The Balaban J connectivity index is 1.60. The van der Waals surface area contributed by atoms with Crippen molar-refractivity contribution < 1.29 is 0 Å². The number of anilines is 1. The van der Waals surface area contributed by atoms with Crippen LogP contribution in [0.25, 0.3) is 27.0 Å². The third-order valence-electron chi connectivity index (χ3n) is 5.80. The van der Waals surface area contributed by atoms with Crippen molar-refractivity contribution >= 4 is 28.1 Å². The molecule has 0 amide bonds. The molecule has 32 heavy (non-hydrogen) atoms. The van der Waals surface area contributed by atoms with Crippen LogP contribution in [0.1, 0.15) is 18.2 Å². The minimum Gasteiger partial charge on any atom is -0.372 e. The summed E-state index contributed by atoms with van der Waals surface area (Å²) in [6.45, 7) is 2.88. The van der Waals surface area contributed by atoms with Gasteiger partial charge in [0.05, 0.1) is 21.6 Å². The van der Waals surface area contributed by atoms with Crippen LogP contribution >= 0.6 is 11.5 Å². The second-order valence-electron chi connectivity index (χ2n) is 7.76. The summed E-state index contributed by atoms with van der Waals surface area (Å²) in [5.74, 6) is 0. The lowest BCUT2D eigenvalue weighted by Crippen LogP contribution is -2.22. The topological polar surface area (TPSA) is 63.9 Å². The van der Waals surface area contributed by atoms with Crippen molar-refractivity contribution in [1.82, 2.24) is 18.9 Å². The van der Waals surface area contributed by atoms with Crippen LogP contribution < -0.4 is 10.5 Å². The van der Waals surface area contributed by atoms with E-state index in [4.69, 9.17) is 4.98 Å². The van der Waals surface area contributed by atoms with Crippen LogP contribution in [0.5, 0.6) is 0 Å². The van der Waals surface area contributed by atoms with E-state index in [1.807, 2.05) is 49.6 Å². The summed E-state index contributed by atoms with van der Waals surface area (Å²) in [5, 5.41) is 0.625. The quantitative estimate of drug-likeness (QED) is 0.386. The highest BCUT2D eigenvalue weighted by molar-refractivity contribution is 7.10. The second kappa shape index (κ2) is 8.51. The van der Waals surface area contributed by atoms with E-state index in [0.717, 1.165) is 52.4 Å². The predicted molar refractivity (Wildman–Crippen MR) is 130 cm³/mol. The SMILES string of the molecule is CCc1ccc(-n2cnc3c(N(C)CCc4ccccn4)c4ccnsc-4c3c2=O)cc1. The van der Waals surface area contributed by atoms with Crippen molar-refractivity contribution in [3.05, 3.63) is 88.9 Å². The highest BCUT2D eigenvalue weighted by Crippen LogP contribution is 2.43. The van der Waals surface area contributed by atoms with Crippen LogP contribution in [-0.2, 0) is 12.8 Å². The maximum absolute atomic E-state index is 13.6. The van der Waals surface area contributed by atoms with Gasteiger partial charge in [-0.1, -0.05) is 25.1 Å². The number of hydrogen-bond acceptors (Lipinski definition) is 6. The Labute approximate surface area is 190 Å². The Morgan fingerprint density at radius 2 is 1.88 bits per heavy atom. The van der Waals surface area contributed by atoms with Crippen LogP contribution in [0.15, 0.2) is 72.0 Å². The molecule has 7 heteroatoms. The smallest absolute Gasteiger partial charge is 0.267 e. The molecule has 3 heterocycles. The molecule has 0 saturated carbocycles. The molecular formula is C25H23N5OS. The van der Waals surface area contributed by atoms with Gasteiger partial charge in [0.2, 0.25) is 0 Å². The zero-order valence-corrected chi connectivity index (χ0v) is 18.8. The Bertz CT molecular complexity index is 1390. The first-order chi connectivity index (χ1) is 15.7. The second-order valence-corrected chi connectivity index (χ2v) is 8.56. The molecule has 0 radical (unpaired) electrons. The van der Waals surface area contributed by atoms with Gasteiger partial charge in [-0.25, -0.2) is 9.36 Å². The predicted octanol–water partition coefficient (Wildman–Crippen LogP) is 4.58. The van der Waals surface area contributed by atoms with Crippen LogP contribution in [0, 0.1) is 0 Å². The summed E-state index contributed by atoms with van der Waals surface area (Å²) >= 11 is 1.34. The largest absolute Gasteiger partial charge is 0.372 e. The van der Waals surface area contributed by atoms with Crippen LogP contribution in [0.4, 0.5) is 5.69 Å². The molecule has 0 unspecified atom stereocenters. The fourth-order valence-corrected chi connectivity index (χ4v) is 4.81. The minimum atomic E-state index is -0.0714. The highest BCUT2D eigenvalue weighted by atomic mass is 32.1. The molecule has 2 aromatic heterocycles. The number of benzene rings is 1. The molecule has 0 atom stereocenters. The average molecular weight is 442 g/mol. The molecule has 0 N–H and O–H groups in total. The first kappa shape index (κ1) is 20.3. The molecule has 5 rings (SSSR count). The third kappa shape index (κ3) is 3.54. The maximum Gasteiger partial charge on any atom is 0.267 e. The maximum atomic E-state index is 13.6. The van der Waals surface area contributed by atoms with Crippen molar-refractivity contribution in [2.45, 2.75) is 19.8 Å². The zero-order chi connectivity index (χ0) is 22.1. The fourth-order valence-electron chi connectivity index (χ4n) is 4.05. The molecule has 1 aliphatic heterocycles.